The fourth-order valence-electron chi connectivity index (χ4n) is 1.78. The lowest BCUT2D eigenvalue weighted by Crippen LogP contribution is -2.13. The van der Waals surface area contributed by atoms with Crippen LogP contribution >= 0.6 is 23.4 Å². The zero-order valence-electron chi connectivity index (χ0n) is 11.8. The first-order valence-corrected chi connectivity index (χ1v) is 9.29. The van der Waals surface area contributed by atoms with Crippen LogP contribution < -0.4 is 4.72 Å². The van der Waals surface area contributed by atoms with Crippen LogP contribution in [-0.2, 0) is 10.0 Å². The van der Waals surface area contributed by atoms with Gasteiger partial charge in [-0.1, -0.05) is 36.2 Å². The van der Waals surface area contributed by atoms with E-state index in [9.17, 15) is 8.42 Å². The molecule has 1 N–H and O–H groups in total. The first kappa shape index (κ1) is 16.2. The Morgan fingerprint density at radius 1 is 1.14 bits per heavy atom. The molecule has 0 aromatic heterocycles. The number of halogens is 1. The van der Waals surface area contributed by atoms with E-state index in [1.807, 2.05) is 19.9 Å². The monoisotopic (exact) mass is 341 g/mol. The predicted octanol–water partition coefficient (Wildman–Crippen LogP) is 4.56. The number of anilines is 1. The summed E-state index contributed by atoms with van der Waals surface area (Å²) in [4.78, 5) is 1.10. The minimum Gasteiger partial charge on any atom is -0.278 e. The summed E-state index contributed by atoms with van der Waals surface area (Å²) in [7, 11) is -3.61. The fraction of sp³-hybridized carbons (Fsp3) is 0.200. The van der Waals surface area contributed by atoms with Crippen molar-refractivity contribution in [2.75, 3.05) is 10.5 Å². The van der Waals surface area contributed by atoms with Gasteiger partial charge in [0.05, 0.1) is 10.6 Å². The van der Waals surface area contributed by atoms with Gasteiger partial charge >= 0.3 is 0 Å². The van der Waals surface area contributed by atoms with Gasteiger partial charge in [0.15, 0.2) is 0 Å². The Bertz CT molecular complexity index is 728. The molecule has 0 heterocycles. The fourth-order valence-corrected chi connectivity index (χ4v) is 3.83. The number of sulfonamides is 1. The van der Waals surface area contributed by atoms with E-state index in [2.05, 4.69) is 4.72 Å². The molecule has 0 radical (unpaired) electrons. The number of rotatable bonds is 5. The molecule has 2 aromatic carbocycles. The Balaban J connectivity index is 2.36. The van der Waals surface area contributed by atoms with E-state index >= 15 is 0 Å². The third kappa shape index (κ3) is 4.15. The van der Waals surface area contributed by atoms with E-state index in [1.165, 1.54) is 0 Å². The number of benzene rings is 2. The third-order valence-electron chi connectivity index (χ3n) is 2.82. The van der Waals surface area contributed by atoms with Crippen LogP contribution in [0.5, 0.6) is 0 Å². The van der Waals surface area contributed by atoms with Crippen molar-refractivity contribution < 1.29 is 8.42 Å². The Kier molecular flexibility index (Phi) is 5.19. The summed E-state index contributed by atoms with van der Waals surface area (Å²) in [5.41, 5.74) is 1.52. The van der Waals surface area contributed by atoms with Crippen molar-refractivity contribution >= 4 is 39.1 Å². The van der Waals surface area contributed by atoms with Gasteiger partial charge in [0.2, 0.25) is 0 Å². The number of nitrogens with one attached hydrogen (secondary N) is 1. The molecule has 0 aliphatic carbocycles. The van der Waals surface area contributed by atoms with Crippen molar-refractivity contribution in [1.29, 1.82) is 0 Å². The van der Waals surface area contributed by atoms with Crippen LogP contribution in [0.25, 0.3) is 0 Å². The maximum absolute atomic E-state index is 12.4. The summed E-state index contributed by atoms with van der Waals surface area (Å²) in [6, 6.07) is 11.9. The minimum atomic E-state index is -3.61. The second-order valence-electron chi connectivity index (χ2n) is 4.49. The van der Waals surface area contributed by atoms with E-state index in [1.54, 1.807) is 48.2 Å². The second-order valence-corrected chi connectivity index (χ2v) is 7.92. The highest BCUT2D eigenvalue weighted by atomic mass is 35.5. The number of hydrogen-bond donors (Lipinski definition) is 1. The SMILES string of the molecule is CCSc1ccc(Cl)cc1NS(=O)(=O)c1ccc(C)cc1. The summed E-state index contributed by atoms with van der Waals surface area (Å²) in [6.45, 7) is 3.92. The number of aryl methyl sites for hydroxylation is 1. The van der Waals surface area contributed by atoms with Crippen molar-refractivity contribution in [2.45, 2.75) is 23.6 Å². The molecule has 0 saturated heterocycles. The van der Waals surface area contributed by atoms with Crippen molar-refractivity contribution in [2.24, 2.45) is 0 Å². The van der Waals surface area contributed by atoms with E-state index in [4.69, 9.17) is 11.6 Å². The average Bonchev–Trinajstić information content (AvgIpc) is 2.42. The van der Waals surface area contributed by atoms with Crippen molar-refractivity contribution in [3.8, 4) is 0 Å². The van der Waals surface area contributed by atoms with Gasteiger partial charge in [0, 0.05) is 9.92 Å². The molecule has 0 saturated carbocycles. The minimum absolute atomic E-state index is 0.237. The van der Waals surface area contributed by atoms with Crippen LogP contribution in [-0.4, -0.2) is 14.2 Å². The average molecular weight is 342 g/mol. The zero-order chi connectivity index (χ0) is 15.5. The molecular weight excluding hydrogens is 326 g/mol. The van der Waals surface area contributed by atoms with Gasteiger partial charge in [0.1, 0.15) is 0 Å². The van der Waals surface area contributed by atoms with Gasteiger partial charge in [-0.3, -0.25) is 4.72 Å². The van der Waals surface area contributed by atoms with E-state index < -0.39 is 10.0 Å². The second kappa shape index (κ2) is 6.73. The van der Waals surface area contributed by atoms with E-state index in [-0.39, 0.29) is 4.90 Å². The van der Waals surface area contributed by atoms with Gasteiger partial charge in [-0.05, 0) is 43.0 Å². The van der Waals surface area contributed by atoms with Crippen LogP contribution in [0.1, 0.15) is 12.5 Å². The molecule has 112 valence electrons. The molecule has 0 atom stereocenters. The molecule has 21 heavy (non-hydrogen) atoms. The molecule has 0 amide bonds. The normalized spacial score (nSPS) is 11.4. The van der Waals surface area contributed by atoms with Crippen LogP contribution in [0.4, 0.5) is 5.69 Å². The first-order chi connectivity index (χ1) is 9.92. The summed E-state index contributed by atoms with van der Waals surface area (Å²) in [6.07, 6.45) is 0. The molecule has 0 bridgehead atoms. The van der Waals surface area contributed by atoms with Crippen molar-refractivity contribution in [3.05, 3.63) is 53.1 Å². The van der Waals surface area contributed by atoms with Crippen LogP contribution in [0.3, 0.4) is 0 Å². The molecule has 0 unspecified atom stereocenters. The molecule has 0 fully saturated rings. The number of hydrogen-bond acceptors (Lipinski definition) is 3. The highest BCUT2D eigenvalue weighted by molar-refractivity contribution is 7.99. The molecular formula is C15H16ClNO2S2. The molecule has 6 heteroatoms. The van der Waals surface area contributed by atoms with Gasteiger partial charge in [-0.15, -0.1) is 11.8 Å². The number of thioether (sulfide) groups is 1. The van der Waals surface area contributed by atoms with E-state index in [0.717, 1.165) is 16.2 Å². The van der Waals surface area contributed by atoms with E-state index in [0.29, 0.717) is 10.7 Å². The molecule has 2 rings (SSSR count). The maximum Gasteiger partial charge on any atom is 0.261 e. The Morgan fingerprint density at radius 2 is 1.81 bits per heavy atom. The Labute approximate surface area is 134 Å². The smallest absolute Gasteiger partial charge is 0.261 e. The summed E-state index contributed by atoms with van der Waals surface area (Å²) in [5, 5.41) is 0.497. The molecule has 0 spiro atoms. The van der Waals surface area contributed by atoms with Crippen LogP contribution in [0.15, 0.2) is 52.3 Å². The van der Waals surface area contributed by atoms with Gasteiger partial charge in [-0.25, -0.2) is 8.42 Å². The zero-order valence-corrected chi connectivity index (χ0v) is 14.1. The molecule has 0 aliphatic rings. The maximum atomic E-state index is 12.4. The molecule has 0 aliphatic heterocycles. The first-order valence-electron chi connectivity index (χ1n) is 6.44. The highest BCUT2D eigenvalue weighted by Gasteiger charge is 2.16. The van der Waals surface area contributed by atoms with Crippen LogP contribution in [0.2, 0.25) is 5.02 Å². The summed E-state index contributed by atoms with van der Waals surface area (Å²) < 4.78 is 27.4. The third-order valence-corrected chi connectivity index (χ3v) is 5.39. The lowest BCUT2D eigenvalue weighted by molar-refractivity contribution is 0.601. The van der Waals surface area contributed by atoms with Crippen molar-refractivity contribution in [3.63, 3.8) is 0 Å². The molecule has 3 nitrogen and oxygen atoms in total. The summed E-state index contributed by atoms with van der Waals surface area (Å²) >= 11 is 7.53. The van der Waals surface area contributed by atoms with Gasteiger partial charge < -0.3 is 0 Å². The largest absolute Gasteiger partial charge is 0.278 e. The van der Waals surface area contributed by atoms with Gasteiger partial charge in [0.25, 0.3) is 10.0 Å². The Morgan fingerprint density at radius 3 is 2.43 bits per heavy atom. The standard InChI is InChI=1S/C15H16ClNO2S2/c1-3-20-15-9-6-12(16)10-14(15)17-21(18,19)13-7-4-11(2)5-8-13/h4-10,17H,3H2,1-2H3. The molecule has 2 aromatic rings. The predicted molar refractivity (Wildman–Crippen MR) is 89.8 cm³/mol. The Hall–Kier alpha value is -1.17. The summed E-state index contributed by atoms with van der Waals surface area (Å²) in [5.74, 6) is 0.848. The lowest BCUT2D eigenvalue weighted by Gasteiger charge is -2.12. The lowest BCUT2D eigenvalue weighted by atomic mass is 10.2. The van der Waals surface area contributed by atoms with Crippen molar-refractivity contribution in [1.82, 2.24) is 0 Å². The highest BCUT2D eigenvalue weighted by Crippen LogP contribution is 2.31. The quantitative estimate of drug-likeness (QED) is 0.811. The topological polar surface area (TPSA) is 46.2 Å². The van der Waals surface area contributed by atoms with Crippen LogP contribution in [0, 0.1) is 6.92 Å². The van der Waals surface area contributed by atoms with Gasteiger partial charge in [-0.2, -0.15) is 0 Å².